The van der Waals surface area contributed by atoms with Gasteiger partial charge in [0.1, 0.15) is 0 Å². The van der Waals surface area contributed by atoms with Crippen molar-refractivity contribution in [1.82, 2.24) is 0 Å². The monoisotopic (exact) mass is 269 g/mol. The zero-order valence-electron chi connectivity index (χ0n) is 11.6. The summed E-state index contributed by atoms with van der Waals surface area (Å²) < 4.78 is 0. The Bertz CT molecular complexity index is 774. The van der Waals surface area contributed by atoms with Gasteiger partial charge in [0, 0.05) is 17.7 Å². The van der Waals surface area contributed by atoms with Gasteiger partial charge in [-0.3, -0.25) is 4.99 Å². The lowest BCUT2D eigenvalue weighted by molar-refractivity contribution is 1.04. The van der Waals surface area contributed by atoms with Crippen molar-refractivity contribution in [3.05, 3.63) is 95.7 Å². The highest BCUT2D eigenvalue weighted by molar-refractivity contribution is 5.81. The number of fused-ring (bicyclic) bond motifs is 1. The van der Waals surface area contributed by atoms with Crippen LogP contribution in [-0.2, 0) is 0 Å². The molecule has 0 bridgehead atoms. The summed E-state index contributed by atoms with van der Waals surface area (Å²) in [6, 6.07) is 19.3. The Hall–Kier alpha value is -2.67. The molecule has 0 saturated carbocycles. The molecule has 2 aromatic carbocycles. The van der Waals surface area contributed by atoms with Crippen LogP contribution >= 0.6 is 0 Å². The largest absolute Gasteiger partial charge is 0.257 e. The minimum atomic E-state index is 0.317. The second kappa shape index (κ2) is 5.02. The number of nitrogens with zero attached hydrogens (tertiary/aromatic N) is 1. The van der Waals surface area contributed by atoms with Crippen LogP contribution in [0.1, 0.15) is 11.5 Å². The van der Waals surface area contributed by atoms with E-state index in [0.717, 1.165) is 5.70 Å². The van der Waals surface area contributed by atoms with Crippen molar-refractivity contribution in [2.24, 2.45) is 4.99 Å². The van der Waals surface area contributed by atoms with E-state index >= 15 is 0 Å². The molecule has 0 amide bonds. The first-order valence-electron chi connectivity index (χ1n) is 7.20. The van der Waals surface area contributed by atoms with Crippen molar-refractivity contribution in [1.29, 1.82) is 0 Å². The second-order valence-corrected chi connectivity index (χ2v) is 5.33. The summed E-state index contributed by atoms with van der Waals surface area (Å²) in [6.45, 7) is 0. The molecule has 1 aliphatic carbocycles. The second-order valence-electron chi connectivity index (χ2n) is 5.33. The average molecular weight is 269 g/mol. The maximum Gasteiger partial charge on any atom is 0.0671 e. The first kappa shape index (κ1) is 12.1. The van der Waals surface area contributed by atoms with Crippen molar-refractivity contribution in [2.75, 3.05) is 0 Å². The first-order valence-corrected chi connectivity index (χ1v) is 7.20. The maximum atomic E-state index is 4.39. The van der Waals surface area contributed by atoms with Crippen molar-refractivity contribution in [3.8, 4) is 11.1 Å². The first-order chi connectivity index (χ1) is 10.4. The van der Waals surface area contributed by atoms with Gasteiger partial charge in [-0.25, -0.2) is 0 Å². The van der Waals surface area contributed by atoms with Gasteiger partial charge in [-0.1, -0.05) is 66.7 Å². The molecule has 1 atom stereocenters. The highest BCUT2D eigenvalue weighted by Gasteiger charge is 2.15. The van der Waals surface area contributed by atoms with E-state index < -0.39 is 0 Å². The minimum Gasteiger partial charge on any atom is -0.257 e. The third-order valence-electron chi connectivity index (χ3n) is 3.99. The summed E-state index contributed by atoms with van der Waals surface area (Å²) in [5.74, 6) is 0.317. The van der Waals surface area contributed by atoms with Crippen LogP contribution in [0.3, 0.4) is 0 Å². The van der Waals surface area contributed by atoms with E-state index in [1.54, 1.807) is 0 Å². The highest BCUT2D eigenvalue weighted by Crippen LogP contribution is 2.32. The van der Waals surface area contributed by atoms with Crippen LogP contribution in [0.5, 0.6) is 0 Å². The van der Waals surface area contributed by atoms with Crippen molar-refractivity contribution in [2.45, 2.75) is 5.92 Å². The fourth-order valence-corrected chi connectivity index (χ4v) is 2.81. The van der Waals surface area contributed by atoms with Crippen molar-refractivity contribution in [3.63, 3.8) is 0 Å². The van der Waals surface area contributed by atoms with Gasteiger partial charge < -0.3 is 0 Å². The van der Waals surface area contributed by atoms with Gasteiger partial charge in [-0.05, 0) is 28.8 Å². The van der Waals surface area contributed by atoms with Gasteiger partial charge in [-0.15, -0.1) is 0 Å². The molecular weight excluding hydrogens is 254 g/mol. The van der Waals surface area contributed by atoms with Gasteiger partial charge in [-0.2, -0.15) is 0 Å². The van der Waals surface area contributed by atoms with E-state index in [4.69, 9.17) is 0 Å². The Morgan fingerprint density at radius 2 is 1.57 bits per heavy atom. The Kier molecular flexibility index (Phi) is 2.89. The highest BCUT2D eigenvalue weighted by atomic mass is 14.8. The summed E-state index contributed by atoms with van der Waals surface area (Å²) in [6.07, 6.45) is 10.6. The van der Waals surface area contributed by atoms with Crippen LogP contribution < -0.4 is 0 Å². The van der Waals surface area contributed by atoms with E-state index in [9.17, 15) is 0 Å². The average Bonchev–Trinajstić information content (AvgIpc) is 3.03. The molecule has 1 unspecified atom stereocenters. The smallest absolute Gasteiger partial charge is 0.0671 e. The van der Waals surface area contributed by atoms with Gasteiger partial charge in [0.2, 0.25) is 0 Å². The lowest BCUT2D eigenvalue weighted by Crippen LogP contribution is -1.98. The molecule has 21 heavy (non-hydrogen) atoms. The van der Waals surface area contributed by atoms with E-state index in [0.29, 0.717) is 5.92 Å². The number of hydrogen-bond donors (Lipinski definition) is 0. The molecule has 100 valence electrons. The molecule has 0 saturated heterocycles. The summed E-state index contributed by atoms with van der Waals surface area (Å²) in [5, 5.41) is 0. The normalized spacial score (nSPS) is 19.1. The van der Waals surface area contributed by atoms with Crippen LogP contribution in [0.15, 0.2) is 95.2 Å². The van der Waals surface area contributed by atoms with Gasteiger partial charge >= 0.3 is 0 Å². The van der Waals surface area contributed by atoms with Gasteiger partial charge in [0.05, 0.1) is 5.70 Å². The molecule has 2 aromatic rings. The van der Waals surface area contributed by atoms with Gasteiger partial charge in [0.25, 0.3) is 0 Å². The topological polar surface area (TPSA) is 12.4 Å². The number of hydrogen-bond acceptors (Lipinski definition) is 1. The third-order valence-corrected chi connectivity index (χ3v) is 3.99. The third kappa shape index (κ3) is 2.27. The molecule has 4 rings (SSSR count). The lowest BCUT2D eigenvalue weighted by atomic mass is 9.90. The molecule has 1 heterocycles. The molecule has 0 aromatic heterocycles. The number of aliphatic imine (C=N–C) groups is 1. The zero-order valence-corrected chi connectivity index (χ0v) is 11.6. The molecule has 1 nitrogen and oxygen atoms in total. The molecule has 0 spiro atoms. The number of allylic oxidation sites excluding steroid dienone is 4. The van der Waals surface area contributed by atoms with E-state index in [-0.39, 0.29) is 0 Å². The van der Waals surface area contributed by atoms with Crippen molar-refractivity contribution >= 4 is 6.21 Å². The predicted molar refractivity (Wildman–Crippen MR) is 88.4 cm³/mol. The molecule has 2 aliphatic rings. The van der Waals surface area contributed by atoms with Crippen LogP contribution in [0.4, 0.5) is 0 Å². The Labute approximate surface area is 124 Å². The quantitative estimate of drug-likeness (QED) is 0.735. The molecular formula is C20H15N. The lowest BCUT2D eigenvalue weighted by Gasteiger charge is -2.15. The minimum absolute atomic E-state index is 0.317. The molecule has 1 aliphatic heterocycles. The Morgan fingerprint density at radius 1 is 0.810 bits per heavy atom. The Morgan fingerprint density at radius 3 is 2.38 bits per heavy atom. The standard InChI is InChI=1S/C20H15N/c1-2-4-15(5-3-1)16-6-8-17(9-7-16)19-11-10-18-12-13-21-20(18)14-19/h1-14,19H. The van der Waals surface area contributed by atoms with E-state index in [2.05, 4.69) is 77.8 Å². The predicted octanol–water partition coefficient (Wildman–Crippen LogP) is 4.90. The Balaban J connectivity index is 1.63. The fraction of sp³-hybridized carbons (Fsp3) is 0.0500. The van der Waals surface area contributed by atoms with Crippen LogP contribution in [-0.4, -0.2) is 6.21 Å². The SMILES string of the molecule is C1=CC(c2ccc(-c3ccccc3)cc2)C=C2N=CC=C12. The summed E-state index contributed by atoms with van der Waals surface area (Å²) in [4.78, 5) is 4.39. The number of rotatable bonds is 2. The summed E-state index contributed by atoms with van der Waals surface area (Å²) >= 11 is 0. The van der Waals surface area contributed by atoms with Crippen LogP contribution in [0, 0.1) is 0 Å². The van der Waals surface area contributed by atoms with Crippen LogP contribution in [0.2, 0.25) is 0 Å². The molecule has 0 fully saturated rings. The van der Waals surface area contributed by atoms with Gasteiger partial charge in [0.15, 0.2) is 0 Å². The fourth-order valence-electron chi connectivity index (χ4n) is 2.81. The summed E-state index contributed by atoms with van der Waals surface area (Å²) in [5.41, 5.74) is 6.12. The maximum absolute atomic E-state index is 4.39. The zero-order chi connectivity index (χ0) is 14.1. The molecule has 0 radical (unpaired) electrons. The van der Waals surface area contributed by atoms with Crippen LogP contribution in [0.25, 0.3) is 11.1 Å². The molecule has 1 heteroatoms. The molecule has 0 N–H and O–H groups in total. The number of benzene rings is 2. The van der Waals surface area contributed by atoms with E-state index in [1.807, 2.05) is 12.3 Å². The van der Waals surface area contributed by atoms with Crippen molar-refractivity contribution < 1.29 is 0 Å². The van der Waals surface area contributed by atoms with E-state index in [1.165, 1.54) is 22.3 Å². The summed E-state index contributed by atoms with van der Waals surface area (Å²) in [7, 11) is 0.